The molecule has 0 aliphatic heterocycles. The molecule has 1 aliphatic rings. The van der Waals surface area contributed by atoms with Gasteiger partial charge in [-0.1, -0.05) is 6.07 Å². The maximum atomic E-state index is 12.4. The number of rotatable bonds is 4. The molecule has 0 radical (unpaired) electrons. The second-order valence-corrected chi connectivity index (χ2v) is 5.55. The summed E-state index contributed by atoms with van der Waals surface area (Å²) in [5.74, 6) is -0.187. The van der Waals surface area contributed by atoms with E-state index in [0.29, 0.717) is 17.3 Å². The smallest absolute Gasteiger partial charge is 0.255 e. The van der Waals surface area contributed by atoms with Gasteiger partial charge in [0.2, 0.25) is 0 Å². The van der Waals surface area contributed by atoms with Crippen molar-refractivity contribution in [1.29, 1.82) is 0 Å². The van der Waals surface area contributed by atoms with Crippen molar-refractivity contribution < 1.29 is 4.79 Å². The van der Waals surface area contributed by atoms with Gasteiger partial charge in [-0.3, -0.25) is 9.48 Å². The molecule has 4 rings (SSSR count). The first kappa shape index (κ1) is 13.6. The fraction of sp³-hybridized carbons (Fsp3) is 0.267. The predicted octanol–water partition coefficient (Wildman–Crippen LogP) is 1.84. The van der Waals surface area contributed by atoms with Gasteiger partial charge in [0.1, 0.15) is 6.33 Å². The predicted molar refractivity (Wildman–Crippen MR) is 82.2 cm³/mol. The SMILES string of the molecule is O=C(Nc1cnn(C2CCC2)c1)c1cccc(-n2cnnn2)c1. The van der Waals surface area contributed by atoms with E-state index in [0.717, 1.165) is 18.5 Å². The minimum absolute atomic E-state index is 0.187. The van der Waals surface area contributed by atoms with Crippen LogP contribution < -0.4 is 5.32 Å². The van der Waals surface area contributed by atoms with Crippen molar-refractivity contribution in [3.05, 3.63) is 48.5 Å². The summed E-state index contributed by atoms with van der Waals surface area (Å²) in [4.78, 5) is 12.4. The topological polar surface area (TPSA) is 90.5 Å². The summed E-state index contributed by atoms with van der Waals surface area (Å²) in [6, 6.07) is 7.59. The molecule has 0 bridgehead atoms. The Hall–Kier alpha value is -3.03. The van der Waals surface area contributed by atoms with Crippen molar-refractivity contribution in [2.75, 3.05) is 5.32 Å². The van der Waals surface area contributed by atoms with E-state index in [1.807, 2.05) is 16.9 Å². The third-order valence-corrected chi connectivity index (χ3v) is 4.03. The number of hydrogen-bond acceptors (Lipinski definition) is 5. The van der Waals surface area contributed by atoms with E-state index in [-0.39, 0.29) is 5.91 Å². The summed E-state index contributed by atoms with van der Waals surface area (Å²) >= 11 is 0. The first-order valence-corrected chi connectivity index (χ1v) is 7.48. The second kappa shape index (κ2) is 5.64. The minimum Gasteiger partial charge on any atom is -0.319 e. The molecule has 0 atom stereocenters. The van der Waals surface area contributed by atoms with E-state index in [1.54, 1.807) is 24.4 Å². The van der Waals surface area contributed by atoms with E-state index in [4.69, 9.17) is 0 Å². The van der Waals surface area contributed by atoms with E-state index < -0.39 is 0 Å². The maximum absolute atomic E-state index is 12.4. The van der Waals surface area contributed by atoms with E-state index in [1.165, 1.54) is 17.4 Å². The zero-order valence-electron chi connectivity index (χ0n) is 12.3. The molecule has 1 aliphatic carbocycles. The second-order valence-electron chi connectivity index (χ2n) is 5.55. The Morgan fingerprint density at radius 1 is 1.30 bits per heavy atom. The van der Waals surface area contributed by atoms with Crippen molar-refractivity contribution >= 4 is 11.6 Å². The van der Waals surface area contributed by atoms with Crippen LogP contribution in [0.4, 0.5) is 5.69 Å². The van der Waals surface area contributed by atoms with Crippen molar-refractivity contribution in [2.24, 2.45) is 0 Å². The molecular formula is C15H15N7O. The van der Waals surface area contributed by atoms with Crippen LogP contribution in [0.3, 0.4) is 0 Å². The molecule has 23 heavy (non-hydrogen) atoms. The molecule has 116 valence electrons. The number of carbonyl (C=O) groups is 1. The van der Waals surface area contributed by atoms with E-state index in [2.05, 4.69) is 25.9 Å². The molecule has 3 aromatic rings. The normalized spacial score (nSPS) is 14.4. The van der Waals surface area contributed by atoms with Gasteiger partial charge >= 0.3 is 0 Å². The van der Waals surface area contributed by atoms with Crippen LogP contribution in [0.15, 0.2) is 43.0 Å². The number of tetrazole rings is 1. The highest BCUT2D eigenvalue weighted by atomic mass is 16.1. The third kappa shape index (κ3) is 2.70. The lowest BCUT2D eigenvalue weighted by atomic mass is 9.93. The number of hydrogen-bond donors (Lipinski definition) is 1. The van der Waals surface area contributed by atoms with Crippen LogP contribution in [0.2, 0.25) is 0 Å². The van der Waals surface area contributed by atoms with Crippen LogP contribution >= 0.6 is 0 Å². The van der Waals surface area contributed by atoms with E-state index in [9.17, 15) is 4.79 Å². The first-order chi connectivity index (χ1) is 11.3. The molecule has 2 heterocycles. The van der Waals surface area contributed by atoms with Gasteiger partial charge in [0.05, 0.1) is 23.6 Å². The van der Waals surface area contributed by atoms with Crippen LogP contribution in [-0.4, -0.2) is 35.9 Å². The molecule has 0 spiro atoms. The van der Waals surface area contributed by atoms with Crippen molar-refractivity contribution in [3.8, 4) is 5.69 Å². The van der Waals surface area contributed by atoms with Gasteiger partial charge in [0, 0.05) is 11.8 Å². The van der Waals surface area contributed by atoms with Crippen LogP contribution in [0, 0.1) is 0 Å². The summed E-state index contributed by atoms with van der Waals surface area (Å²) in [7, 11) is 0. The lowest BCUT2D eigenvalue weighted by Crippen LogP contribution is -2.17. The molecule has 2 aromatic heterocycles. The molecule has 1 saturated carbocycles. The summed E-state index contributed by atoms with van der Waals surface area (Å²) < 4.78 is 3.43. The Labute approximate surface area is 132 Å². The number of carbonyl (C=O) groups excluding carboxylic acids is 1. The van der Waals surface area contributed by atoms with Crippen LogP contribution in [0.1, 0.15) is 35.7 Å². The highest BCUT2D eigenvalue weighted by molar-refractivity contribution is 6.04. The van der Waals surface area contributed by atoms with Crippen LogP contribution in [0.25, 0.3) is 5.69 Å². The Morgan fingerprint density at radius 2 is 2.22 bits per heavy atom. The molecule has 1 N–H and O–H groups in total. The van der Waals surface area contributed by atoms with Gasteiger partial charge in [0.25, 0.3) is 5.91 Å². The van der Waals surface area contributed by atoms with E-state index >= 15 is 0 Å². The highest BCUT2D eigenvalue weighted by Gasteiger charge is 2.20. The standard InChI is InChI=1S/C15H15N7O/c23-15(18-12-8-17-21(9-12)13-4-2-5-13)11-3-1-6-14(7-11)22-10-16-19-20-22/h1,3,6-10,13H,2,4-5H2,(H,18,23). The zero-order valence-corrected chi connectivity index (χ0v) is 12.3. The molecule has 0 saturated heterocycles. The number of amides is 1. The van der Waals surface area contributed by atoms with Crippen molar-refractivity contribution in [3.63, 3.8) is 0 Å². The van der Waals surface area contributed by atoms with Gasteiger partial charge < -0.3 is 5.32 Å². The molecular weight excluding hydrogens is 294 g/mol. The number of aromatic nitrogens is 6. The van der Waals surface area contributed by atoms with Gasteiger partial charge in [-0.2, -0.15) is 5.10 Å². The van der Waals surface area contributed by atoms with Crippen molar-refractivity contribution in [2.45, 2.75) is 25.3 Å². The van der Waals surface area contributed by atoms with Gasteiger partial charge in [-0.15, -0.1) is 5.10 Å². The van der Waals surface area contributed by atoms with Crippen LogP contribution in [0.5, 0.6) is 0 Å². The highest BCUT2D eigenvalue weighted by Crippen LogP contribution is 2.31. The fourth-order valence-corrected chi connectivity index (χ4v) is 2.53. The first-order valence-electron chi connectivity index (χ1n) is 7.48. The molecule has 1 fully saturated rings. The average Bonchev–Trinajstić information content (AvgIpc) is 3.18. The number of benzene rings is 1. The van der Waals surface area contributed by atoms with Crippen molar-refractivity contribution in [1.82, 2.24) is 30.0 Å². The Bertz CT molecular complexity index is 820. The summed E-state index contributed by atoms with van der Waals surface area (Å²) in [5, 5.41) is 18.2. The Balaban J connectivity index is 1.50. The summed E-state index contributed by atoms with van der Waals surface area (Å²) in [6.45, 7) is 0. The lowest BCUT2D eigenvalue weighted by Gasteiger charge is -2.25. The average molecular weight is 309 g/mol. The molecule has 1 aromatic carbocycles. The van der Waals surface area contributed by atoms with Gasteiger partial charge in [0.15, 0.2) is 0 Å². The molecule has 0 unspecified atom stereocenters. The molecule has 1 amide bonds. The minimum atomic E-state index is -0.187. The van der Waals surface area contributed by atoms with Gasteiger partial charge in [-0.25, -0.2) is 4.68 Å². The summed E-state index contributed by atoms with van der Waals surface area (Å²) in [5.41, 5.74) is 1.97. The monoisotopic (exact) mass is 309 g/mol. The third-order valence-electron chi connectivity index (χ3n) is 4.03. The lowest BCUT2D eigenvalue weighted by molar-refractivity contribution is 0.102. The molecule has 8 nitrogen and oxygen atoms in total. The fourth-order valence-electron chi connectivity index (χ4n) is 2.53. The van der Waals surface area contributed by atoms with Crippen LogP contribution in [-0.2, 0) is 0 Å². The Kier molecular flexibility index (Phi) is 3.34. The number of nitrogens with zero attached hydrogens (tertiary/aromatic N) is 6. The summed E-state index contributed by atoms with van der Waals surface area (Å²) in [6.07, 6.45) is 8.61. The Morgan fingerprint density at radius 3 is 2.96 bits per heavy atom. The maximum Gasteiger partial charge on any atom is 0.255 e. The molecule has 8 heteroatoms. The quantitative estimate of drug-likeness (QED) is 0.794. The largest absolute Gasteiger partial charge is 0.319 e. The van der Waals surface area contributed by atoms with Gasteiger partial charge in [-0.05, 0) is 47.9 Å². The number of anilines is 1. The zero-order chi connectivity index (χ0) is 15.6. The number of nitrogens with one attached hydrogen (secondary N) is 1.